The van der Waals surface area contributed by atoms with Crippen molar-refractivity contribution >= 4 is 0 Å². The van der Waals surface area contributed by atoms with Gasteiger partial charge in [-0.05, 0) is 45.3 Å². The average molecular weight is 247 g/mol. The van der Waals surface area contributed by atoms with Crippen LogP contribution in [0.15, 0.2) is 30.3 Å². The summed E-state index contributed by atoms with van der Waals surface area (Å²) in [7, 11) is 2.21. The van der Waals surface area contributed by atoms with Crippen LogP contribution in [0.3, 0.4) is 0 Å². The number of nitrogens with zero attached hydrogens (tertiary/aromatic N) is 1. The van der Waals surface area contributed by atoms with Gasteiger partial charge in [-0.15, -0.1) is 0 Å². The van der Waals surface area contributed by atoms with E-state index in [1.54, 1.807) is 0 Å². The summed E-state index contributed by atoms with van der Waals surface area (Å²) in [5.41, 5.74) is 1.47. The van der Waals surface area contributed by atoms with Crippen LogP contribution in [0.4, 0.5) is 0 Å². The molecule has 0 saturated carbocycles. The zero-order chi connectivity index (χ0) is 13.0. The molecule has 2 atom stereocenters. The Morgan fingerprint density at radius 3 is 2.67 bits per heavy atom. The van der Waals surface area contributed by atoms with E-state index in [-0.39, 0.29) is 0 Å². The van der Waals surface area contributed by atoms with E-state index in [4.69, 9.17) is 4.74 Å². The lowest BCUT2D eigenvalue weighted by molar-refractivity contribution is 0.0220. The Labute approximate surface area is 111 Å². The molecule has 0 aromatic heterocycles. The van der Waals surface area contributed by atoms with E-state index in [9.17, 15) is 0 Å². The summed E-state index contributed by atoms with van der Waals surface area (Å²) in [5, 5.41) is 0. The highest BCUT2D eigenvalue weighted by molar-refractivity contribution is 5.21. The van der Waals surface area contributed by atoms with Crippen LogP contribution in [0.5, 0.6) is 0 Å². The molecule has 1 heterocycles. The van der Waals surface area contributed by atoms with E-state index in [2.05, 4.69) is 56.1 Å². The summed E-state index contributed by atoms with van der Waals surface area (Å²) in [5.74, 6) is 1.27. The van der Waals surface area contributed by atoms with E-state index in [1.165, 1.54) is 18.5 Å². The van der Waals surface area contributed by atoms with E-state index in [0.717, 1.165) is 13.2 Å². The molecule has 1 aliphatic rings. The van der Waals surface area contributed by atoms with E-state index >= 15 is 0 Å². The first-order valence-corrected chi connectivity index (χ1v) is 7.02. The topological polar surface area (TPSA) is 12.5 Å². The molecule has 1 fully saturated rings. The molecule has 0 aliphatic carbocycles. The highest BCUT2D eigenvalue weighted by atomic mass is 16.5. The third-order valence-corrected chi connectivity index (χ3v) is 3.81. The molecule has 2 rings (SSSR count). The van der Waals surface area contributed by atoms with Crippen molar-refractivity contribution in [2.45, 2.75) is 32.3 Å². The average Bonchev–Trinajstić information content (AvgIpc) is 2.37. The molecule has 0 radical (unpaired) electrons. The molecule has 0 bridgehead atoms. The fourth-order valence-corrected chi connectivity index (χ4v) is 2.84. The first-order chi connectivity index (χ1) is 8.66. The predicted octanol–water partition coefficient (Wildman–Crippen LogP) is 3.15. The number of hydrogen-bond donors (Lipinski definition) is 0. The van der Waals surface area contributed by atoms with E-state index in [0.29, 0.717) is 17.9 Å². The second-order valence-corrected chi connectivity index (χ2v) is 5.71. The van der Waals surface area contributed by atoms with Crippen molar-refractivity contribution in [3.8, 4) is 0 Å². The molecular weight excluding hydrogens is 222 g/mol. The minimum atomic E-state index is 0.327. The lowest BCUT2D eigenvalue weighted by atomic mass is 9.81. The molecule has 1 aromatic rings. The molecule has 1 aromatic carbocycles. The van der Waals surface area contributed by atoms with Gasteiger partial charge in [-0.25, -0.2) is 0 Å². The van der Waals surface area contributed by atoms with Crippen molar-refractivity contribution in [1.82, 2.24) is 4.90 Å². The van der Waals surface area contributed by atoms with Crippen LogP contribution in [0.1, 0.15) is 31.7 Å². The van der Waals surface area contributed by atoms with Gasteiger partial charge in [-0.2, -0.15) is 0 Å². The minimum absolute atomic E-state index is 0.327. The van der Waals surface area contributed by atoms with Crippen LogP contribution in [-0.4, -0.2) is 37.7 Å². The number of rotatable bonds is 4. The van der Waals surface area contributed by atoms with Gasteiger partial charge in [0.2, 0.25) is 0 Å². The summed E-state index contributed by atoms with van der Waals surface area (Å²) in [4.78, 5) is 2.42. The molecule has 0 amide bonds. The van der Waals surface area contributed by atoms with Crippen molar-refractivity contribution in [2.24, 2.45) is 5.92 Å². The molecule has 1 aliphatic heterocycles. The highest BCUT2D eigenvalue weighted by Gasteiger charge is 2.29. The first-order valence-electron chi connectivity index (χ1n) is 7.02. The van der Waals surface area contributed by atoms with Crippen LogP contribution in [0, 0.1) is 5.92 Å². The number of likely N-dealkylation sites (tertiary alicyclic amines) is 1. The van der Waals surface area contributed by atoms with Gasteiger partial charge >= 0.3 is 0 Å². The smallest absolute Gasteiger partial charge is 0.0519 e. The molecule has 1 saturated heterocycles. The summed E-state index contributed by atoms with van der Waals surface area (Å²) >= 11 is 0. The molecule has 18 heavy (non-hydrogen) atoms. The number of ether oxygens (including phenoxy) is 1. The molecular formula is C16H25NO. The van der Waals surface area contributed by atoms with Crippen molar-refractivity contribution in [3.63, 3.8) is 0 Å². The maximum Gasteiger partial charge on any atom is 0.0519 e. The van der Waals surface area contributed by atoms with Gasteiger partial charge < -0.3 is 9.64 Å². The minimum Gasteiger partial charge on any atom is -0.378 e. The van der Waals surface area contributed by atoms with Crippen molar-refractivity contribution < 1.29 is 4.74 Å². The van der Waals surface area contributed by atoms with Crippen molar-refractivity contribution in [3.05, 3.63) is 35.9 Å². The van der Waals surface area contributed by atoms with Gasteiger partial charge in [0.15, 0.2) is 0 Å². The maximum absolute atomic E-state index is 5.85. The standard InChI is InChI=1S/C16H25NO/c1-13(2)18-12-15-11-17(3)10-9-16(15)14-7-5-4-6-8-14/h4-8,13,15-16H,9-12H2,1-3H3/t15?,16-/m1/s1. The van der Waals surface area contributed by atoms with Crippen LogP contribution in [0.2, 0.25) is 0 Å². The summed E-state index contributed by atoms with van der Waals surface area (Å²) in [6.45, 7) is 7.44. The monoisotopic (exact) mass is 247 g/mol. The third kappa shape index (κ3) is 3.56. The predicted molar refractivity (Wildman–Crippen MR) is 75.9 cm³/mol. The molecule has 0 spiro atoms. The third-order valence-electron chi connectivity index (χ3n) is 3.81. The Bertz CT molecular complexity index is 349. The largest absolute Gasteiger partial charge is 0.378 e. The molecule has 2 nitrogen and oxygen atoms in total. The quantitative estimate of drug-likeness (QED) is 0.810. The normalized spacial score (nSPS) is 25.6. The molecule has 1 unspecified atom stereocenters. The van der Waals surface area contributed by atoms with Crippen LogP contribution >= 0.6 is 0 Å². The zero-order valence-corrected chi connectivity index (χ0v) is 11.8. The second-order valence-electron chi connectivity index (χ2n) is 5.71. The highest BCUT2D eigenvalue weighted by Crippen LogP contribution is 2.32. The summed E-state index contributed by atoms with van der Waals surface area (Å²) in [6, 6.07) is 10.9. The van der Waals surface area contributed by atoms with Gasteiger partial charge in [0, 0.05) is 12.5 Å². The lowest BCUT2D eigenvalue weighted by Crippen LogP contribution is -2.39. The Morgan fingerprint density at radius 2 is 2.00 bits per heavy atom. The Kier molecular flexibility index (Phi) is 4.79. The van der Waals surface area contributed by atoms with Gasteiger partial charge in [0.1, 0.15) is 0 Å². The SMILES string of the molecule is CC(C)OCC1CN(C)CC[C@@H]1c1ccccc1. The molecule has 0 N–H and O–H groups in total. The van der Waals surface area contributed by atoms with Crippen LogP contribution < -0.4 is 0 Å². The molecule has 100 valence electrons. The Morgan fingerprint density at radius 1 is 1.28 bits per heavy atom. The zero-order valence-electron chi connectivity index (χ0n) is 11.8. The first kappa shape index (κ1) is 13.6. The van der Waals surface area contributed by atoms with E-state index in [1.807, 2.05) is 0 Å². The fraction of sp³-hybridized carbons (Fsp3) is 0.625. The lowest BCUT2D eigenvalue weighted by Gasteiger charge is -2.37. The van der Waals surface area contributed by atoms with Crippen molar-refractivity contribution in [1.29, 1.82) is 0 Å². The Hall–Kier alpha value is -0.860. The molecule has 2 heteroatoms. The van der Waals surface area contributed by atoms with Crippen LogP contribution in [-0.2, 0) is 4.74 Å². The van der Waals surface area contributed by atoms with Crippen molar-refractivity contribution in [2.75, 3.05) is 26.7 Å². The summed E-state index contributed by atoms with van der Waals surface area (Å²) < 4.78 is 5.85. The van der Waals surface area contributed by atoms with Crippen LogP contribution in [0.25, 0.3) is 0 Å². The van der Waals surface area contributed by atoms with Gasteiger partial charge in [-0.3, -0.25) is 0 Å². The number of piperidine rings is 1. The van der Waals surface area contributed by atoms with Gasteiger partial charge in [-0.1, -0.05) is 30.3 Å². The maximum atomic E-state index is 5.85. The fourth-order valence-electron chi connectivity index (χ4n) is 2.84. The van der Waals surface area contributed by atoms with E-state index < -0.39 is 0 Å². The van der Waals surface area contributed by atoms with Gasteiger partial charge in [0.05, 0.1) is 12.7 Å². The number of hydrogen-bond acceptors (Lipinski definition) is 2. The Balaban J connectivity index is 2.06. The number of benzene rings is 1. The summed E-state index contributed by atoms with van der Waals surface area (Å²) in [6.07, 6.45) is 1.57. The van der Waals surface area contributed by atoms with Gasteiger partial charge in [0.25, 0.3) is 0 Å². The second kappa shape index (κ2) is 6.35.